The summed E-state index contributed by atoms with van der Waals surface area (Å²) in [6.45, 7) is 0.0535. The molecule has 9 heteroatoms. The van der Waals surface area contributed by atoms with E-state index in [1.165, 1.54) is 14.2 Å². The number of hydrogen-bond donors (Lipinski definition) is 2. The van der Waals surface area contributed by atoms with Crippen LogP contribution in [0.4, 0.5) is 4.79 Å². The van der Waals surface area contributed by atoms with Gasteiger partial charge in [0.2, 0.25) is 11.8 Å². The number of pyridine rings is 1. The molecule has 188 valence electrons. The molecule has 0 fully saturated rings. The summed E-state index contributed by atoms with van der Waals surface area (Å²) in [4.78, 5) is 42.5. The van der Waals surface area contributed by atoms with Gasteiger partial charge in [0.05, 0.1) is 14.2 Å². The Morgan fingerprint density at radius 3 is 2.11 bits per heavy atom. The lowest BCUT2D eigenvalue weighted by Crippen LogP contribution is -2.53. The summed E-state index contributed by atoms with van der Waals surface area (Å²) < 4.78 is 15.5. The molecule has 0 aliphatic heterocycles. The number of benzene rings is 2. The second-order valence-corrected chi connectivity index (χ2v) is 7.91. The first-order valence-electron chi connectivity index (χ1n) is 11.4. The Hall–Kier alpha value is -4.40. The third-order valence-corrected chi connectivity index (χ3v) is 5.37. The quantitative estimate of drug-likeness (QED) is 0.396. The van der Waals surface area contributed by atoms with Crippen molar-refractivity contribution in [3.63, 3.8) is 0 Å². The fraction of sp³-hybridized carbons (Fsp3) is 0.259. The van der Waals surface area contributed by atoms with Crippen LogP contribution in [-0.4, -0.2) is 49.3 Å². The van der Waals surface area contributed by atoms with Crippen molar-refractivity contribution < 1.29 is 28.6 Å². The monoisotopic (exact) mass is 491 g/mol. The number of esters is 1. The molecule has 9 nitrogen and oxygen atoms in total. The number of nitrogens with one attached hydrogen (secondary N) is 2. The van der Waals surface area contributed by atoms with Crippen molar-refractivity contribution in [2.75, 3.05) is 14.2 Å². The molecule has 0 aliphatic rings. The minimum atomic E-state index is -1.03. The molecule has 0 unspecified atom stereocenters. The van der Waals surface area contributed by atoms with Gasteiger partial charge in [0.15, 0.2) is 0 Å². The van der Waals surface area contributed by atoms with E-state index in [1.807, 2.05) is 60.7 Å². The molecule has 0 bridgehead atoms. The third-order valence-electron chi connectivity index (χ3n) is 5.37. The summed E-state index contributed by atoms with van der Waals surface area (Å²) in [7, 11) is 2.71. The van der Waals surface area contributed by atoms with Crippen LogP contribution in [0.1, 0.15) is 16.7 Å². The number of methoxy groups -OCH3 is 2. The SMILES string of the molecule is COC(=O)[C@H](Cc1cccnc1OC)NC(=O)[C@H](Cc1ccccc1)NC(=O)OCc1ccccc1. The van der Waals surface area contributed by atoms with Crippen molar-refractivity contribution in [1.29, 1.82) is 0 Å². The molecule has 0 radical (unpaired) electrons. The number of aromatic nitrogens is 1. The second kappa shape index (κ2) is 13.5. The van der Waals surface area contributed by atoms with Gasteiger partial charge in [0.25, 0.3) is 0 Å². The zero-order valence-electron chi connectivity index (χ0n) is 20.2. The Morgan fingerprint density at radius 2 is 1.47 bits per heavy atom. The van der Waals surface area contributed by atoms with Crippen LogP contribution < -0.4 is 15.4 Å². The van der Waals surface area contributed by atoms with E-state index in [0.717, 1.165) is 11.1 Å². The van der Waals surface area contributed by atoms with Crippen molar-refractivity contribution in [3.05, 3.63) is 95.7 Å². The van der Waals surface area contributed by atoms with E-state index in [2.05, 4.69) is 15.6 Å². The molecular weight excluding hydrogens is 462 g/mol. The highest BCUT2D eigenvalue weighted by molar-refractivity contribution is 5.90. The van der Waals surface area contributed by atoms with E-state index in [4.69, 9.17) is 14.2 Å². The van der Waals surface area contributed by atoms with Crippen LogP contribution >= 0.6 is 0 Å². The summed E-state index contributed by atoms with van der Waals surface area (Å²) in [5, 5.41) is 5.32. The van der Waals surface area contributed by atoms with E-state index in [9.17, 15) is 14.4 Å². The maximum Gasteiger partial charge on any atom is 0.408 e. The van der Waals surface area contributed by atoms with Gasteiger partial charge < -0.3 is 24.8 Å². The first-order valence-corrected chi connectivity index (χ1v) is 11.4. The number of alkyl carbamates (subject to hydrolysis) is 1. The highest BCUT2D eigenvalue weighted by Gasteiger charge is 2.29. The van der Waals surface area contributed by atoms with Crippen LogP contribution in [0.15, 0.2) is 79.0 Å². The van der Waals surface area contributed by atoms with E-state index in [1.54, 1.807) is 18.3 Å². The highest BCUT2D eigenvalue weighted by atomic mass is 16.5. The molecule has 1 aromatic heterocycles. The van der Waals surface area contributed by atoms with Crippen molar-refractivity contribution >= 4 is 18.0 Å². The van der Waals surface area contributed by atoms with E-state index < -0.39 is 30.1 Å². The van der Waals surface area contributed by atoms with Crippen LogP contribution in [0.3, 0.4) is 0 Å². The Balaban J connectivity index is 1.74. The van der Waals surface area contributed by atoms with Crippen molar-refractivity contribution in [1.82, 2.24) is 15.6 Å². The topological polar surface area (TPSA) is 116 Å². The minimum absolute atomic E-state index is 0.0535. The summed E-state index contributed by atoms with van der Waals surface area (Å²) in [5.41, 5.74) is 2.25. The van der Waals surface area contributed by atoms with Gasteiger partial charge in [-0.1, -0.05) is 66.7 Å². The first-order chi connectivity index (χ1) is 17.5. The number of nitrogens with zero attached hydrogens (tertiary/aromatic N) is 1. The molecule has 0 aliphatic carbocycles. The minimum Gasteiger partial charge on any atom is -0.481 e. The lowest BCUT2D eigenvalue weighted by molar-refractivity contribution is -0.145. The first kappa shape index (κ1) is 26.2. The number of rotatable bonds is 11. The Bertz CT molecular complexity index is 1140. The molecular formula is C27H29N3O6. The van der Waals surface area contributed by atoms with Crippen molar-refractivity contribution in [2.24, 2.45) is 0 Å². The highest BCUT2D eigenvalue weighted by Crippen LogP contribution is 2.16. The molecule has 0 saturated heterocycles. The predicted octanol–water partition coefficient (Wildman–Crippen LogP) is 2.83. The molecule has 3 aromatic rings. The van der Waals surface area contributed by atoms with Gasteiger partial charge in [0.1, 0.15) is 18.7 Å². The normalized spacial score (nSPS) is 12.1. The van der Waals surface area contributed by atoms with Crippen molar-refractivity contribution in [2.45, 2.75) is 31.5 Å². The average Bonchev–Trinajstić information content (AvgIpc) is 2.92. The Labute approximate surface area is 209 Å². The zero-order valence-corrected chi connectivity index (χ0v) is 20.2. The molecule has 2 aromatic carbocycles. The lowest BCUT2D eigenvalue weighted by atomic mass is 10.0. The standard InChI is InChI=1S/C27H29N3O6/c1-34-25-21(14-9-15-28-25)17-23(26(32)35-2)29-24(31)22(16-19-10-5-3-6-11-19)30-27(33)36-18-20-12-7-4-8-13-20/h3-15,22-23H,16-18H2,1-2H3,(H,29,31)(H,30,33)/t22-,23-/m0/s1. The fourth-order valence-corrected chi connectivity index (χ4v) is 3.56. The molecule has 36 heavy (non-hydrogen) atoms. The van der Waals surface area contributed by atoms with Crippen LogP contribution in [0, 0.1) is 0 Å². The third kappa shape index (κ3) is 7.83. The summed E-state index contributed by atoms with van der Waals surface area (Å²) in [5.74, 6) is -0.864. The van der Waals surface area contributed by atoms with Crippen LogP contribution in [0.2, 0.25) is 0 Å². The smallest absolute Gasteiger partial charge is 0.408 e. The molecule has 0 spiro atoms. The predicted molar refractivity (Wildman–Crippen MR) is 132 cm³/mol. The van der Waals surface area contributed by atoms with Gasteiger partial charge in [-0.15, -0.1) is 0 Å². The summed E-state index contributed by atoms with van der Waals surface area (Å²) in [6.07, 6.45) is 1.09. The number of carbonyl (C=O) groups is 3. The summed E-state index contributed by atoms with van der Waals surface area (Å²) in [6, 6.07) is 19.8. The van der Waals surface area contributed by atoms with Crippen LogP contribution in [0.5, 0.6) is 5.88 Å². The maximum absolute atomic E-state index is 13.3. The Morgan fingerprint density at radius 1 is 0.806 bits per heavy atom. The molecule has 2 N–H and O–H groups in total. The van der Waals surface area contributed by atoms with Gasteiger partial charge in [-0.3, -0.25) is 4.79 Å². The van der Waals surface area contributed by atoms with Gasteiger partial charge in [-0.05, 0) is 17.2 Å². The van der Waals surface area contributed by atoms with Crippen LogP contribution in [0.25, 0.3) is 0 Å². The molecule has 0 saturated carbocycles. The molecule has 2 atom stereocenters. The number of hydrogen-bond acceptors (Lipinski definition) is 7. The van der Waals surface area contributed by atoms with E-state index in [0.29, 0.717) is 11.4 Å². The molecule has 2 amide bonds. The van der Waals surface area contributed by atoms with Crippen molar-refractivity contribution in [3.8, 4) is 5.88 Å². The van der Waals surface area contributed by atoms with Crippen LogP contribution in [-0.2, 0) is 38.5 Å². The second-order valence-electron chi connectivity index (χ2n) is 7.91. The van der Waals surface area contributed by atoms with E-state index in [-0.39, 0.29) is 19.4 Å². The molecule has 3 rings (SSSR count). The zero-order chi connectivity index (χ0) is 25.8. The van der Waals surface area contributed by atoms with Gasteiger partial charge in [0, 0.05) is 24.6 Å². The molecule has 1 heterocycles. The lowest BCUT2D eigenvalue weighted by Gasteiger charge is -2.22. The van der Waals surface area contributed by atoms with E-state index >= 15 is 0 Å². The largest absolute Gasteiger partial charge is 0.481 e. The Kier molecular flexibility index (Phi) is 9.81. The van der Waals surface area contributed by atoms with Gasteiger partial charge in [-0.2, -0.15) is 0 Å². The average molecular weight is 492 g/mol. The maximum atomic E-state index is 13.3. The summed E-state index contributed by atoms with van der Waals surface area (Å²) >= 11 is 0. The van der Waals surface area contributed by atoms with Gasteiger partial charge in [-0.25, -0.2) is 14.6 Å². The number of carbonyl (C=O) groups excluding carboxylic acids is 3. The number of amides is 2. The fourth-order valence-electron chi connectivity index (χ4n) is 3.56. The number of ether oxygens (including phenoxy) is 3. The van der Waals surface area contributed by atoms with Gasteiger partial charge >= 0.3 is 12.1 Å².